The first-order chi connectivity index (χ1) is 12.9. The average Bonchev–Trinajstić information content (AvgIpc) is 3.17. The van der Waals surface area contributed by atoms with E-state index in [1.807, 2.05) is 38.1 Å². The first kappa shape index (κ1) is 18.6. The van der Waals surface area contributed by atoms with Crippen LogP contribution in [0.4, 0.5) is 4.39 Å². The molecule has 0 bridgehead atoms. The summed E-state index contributed by atoms with van der Waals surface area (Å²) in [6.45, 7) is 4.08. The number of amides is 1. The smallest absolute Gasteiger partial charge is 0.269 e. The summed E-state index contributed by atoms with van der Waals surface area (Å²) in [4.78, 5) is 12.5. The monoisotopic (exact) mass is 367 g/mol. The topological polar surface area (TPSA) is 67.0 Å². The molecule has 3 rings (SSSR count). The lowest BCUT2D eigenvalue weighted by Gasteiger charge is -2.25. The van der Waals surface area contributed by atoms with Crippen molar-refractivity contribution in [2.24, 2.45) is 0 Å². The average molecular weight is 367 g/mol. The van der Waals surface area contributed by atoms with E-state index in [-0.39, 0.29) is 11.7 Å². The fraction of sp³-hybridized carbons (Fsp3) is 0.238. The lowest BCUT2D eigenvalue weighted by atomic mass is 9.84. The van der Waals surface area contributed by atoms with Crippen LogP contribution >= 0.6 is 0 Å². The third-order valence-electron chi connectivity index (χ3n) is 4.50. The van der Waals surface area contributed by atoms with Crippen LogP contribution in [0.3, 0.4) is 0 Å². The molecule has 0 aliphatic rings. The Morgan fingerprint density at radius 2 is 1.89 bits per heavy atom. The van der Waals surface area contributed by atoms with E-state index < -0.39 is 5.41 Å². The quantitative estimate of drug-likeness (QED) is 0.694. The Morgan fingerprint density at radius 1 is 1.19 bits per heavy atom. The second-order valence-corrected chi connectivity index (χ2v) is 6.94. The number of H-pyrrole nitrogens is 1. The number of nitrogens with one attached hydrogen (secondary N) is 2. The maximum Gasteiger partial charge on any atom is 0.269 e. The molecular weight excluding hydrogens is 345 g/mol. The predicted molar refractivity (Wildman–Crippen MR) is 102 cm³/mol. The highest BCUT2D eigenvalue weighted by Gasteiger charge is 2.25. The lowest BCUT2D eigenvalue weighted by Crippen LogP contribution is -2.37. The number of aromatic amines is 1. The molecule has 3 aromatic rings. The zero-order valence-electron chi connectivity index (χ0n) is 15.5. The minimum atomic E-state index is -0.542. The molecule has 0 unspecified atom stereocenters. The number of hydrogen-bond donors (Lipinski definition) is 2. The molecule has 140 valence electrons. The molecule has 1 aromatic heterocycles. The van der Waals surface area contributed by atoms with Gasteiger partial charge in [-0.05, 0) is 42.0 Å². The SMILES string of the molecule is COc1ccc(-c2cc(C(=O)NCC(C)(C)c3ccccc3F)[nH]n2)cc1. The lowest BCUT2D eigenvalue weighted by molar-refractivity contribution is 0.0940. The van der Waals surface area contributed by atoms with Gasteiger partial charge in [0.25, 0.3) is 5.91 Å². The van der Waals surface area contributed by atoms with Crippen LogP contribution in [0.2, 0.25) is 0 Å². The van der Waals surface area contributed by atoms with Crippen LogP contribution in [0, 0.1) is 5.82 Å². The molecule has 1 amide bonds. The van der Waals surface area contributed by atoms with Crippen LogP contribution in [0.1, 0.15) is 29.9 Å². The summed E-state index contributed by atoms with van der Waals surface area (Å²) in [6.07, 6.45) is 0. The van der Waals surface area contributed by atoms with Crippen molar-refractivity contribution in [3.8, 4) is 17.0 Å². The van der Waals surface area contributed by atoms with Gasteiger partial charge in [0.2, 0.25) is 0 Å². The van der Waals surface area contributed by atoms with Gasteiger partial charge in [-0.3, -0.25) is 9.89 Å². The fourth-order valence-electron chi connectivity index (χ4n) is 2.85. The van der Waals surface area contributed by atoms with Crippen molar-refractivity contribution in [1.82, 2.24) is 15.5 Å². The van der Waals surface area contributed by atoms with Crippen molar-refractivity contribution in [3.63, 3.8) is 0 Å². The van der Waals surface area contributed by atoms with Crippen LogP contribution in [-0.2, 0) is 5.41 Å². The van der Waals surface area contributed by atoms with Crippen LogP contribution in [-0.4, -0.2) is 29.8 Å². The molecule has 27 heavy (non-hydrogen) atoms. The molecule has 0 aliphatic carbocycles. The van der Waals surface area contributed by atoms with Crippen molar-refractivity contribution in [1.29, 1.82) is 0 Å². The summed E-state index contributed by atoms with van der Waals surface area (Å²) in [7, 11) is 1.61. The van der Waals surface area contributed by atoms with E-state index in [1.165, 1.54) is 6.07 Å². The summed E-state index contributed by atoms with van der Waals surface area (Å²) in [5.74, 6) is 0.189. The zero-order valence-corrected chi connectivity index (χ0v) is 15.5. The molecule has 0 radical (unpaired) electrons. The van der Waals surface area contributed by atoms with Gasteiger partial charge in [-0.25, -0.2) is 4.39 Å². The van der Waals surface area contributed by atoms with Gasteiger partial charge in [0.05, 0.1) is 12.8 Å². The minimum absolute atomic E-state index is 0.278. The van der Waals surface area contributed by atoms with Gasteiger partial charge in [-0.15, -0.1) is 0 Å². The van der Waals surface area contributed by atoms with Gasteiger partial charge in [0.1, 0.15) is 17.3 Å². The van der Waals surface area contributed by atoms with Crippen molar-refractivity contribution < 1.29 is 13.9 Å². The van der Waals surface area contributed by atoms with Crippen molar-refractivity contribution in [3.05, 3.63) is 71.7 Å². The van der Waals surface area contributed by atoms with Crippen molar-refractivity contribution in [2.45, 2.75) is 19.3 Å². The predicted octanol–water partition coefficient (Wildman–Crippen LogP) is 3.93. The summed E-state index contributed by atoms with van der Waals surface area (Å²) in [5, 5.41) is 9.80. The Kier molecular flexibility index (Phi) is 5.26. The van der Waals surface area contributed by atoms with E-state index in [1.54, 1.807) is 31.4 Å². The number of nitrogens with zero attached hydrogens (tertiary/aromatic N) is 1. The van der Waals surface area contributed by atoms with Crippen molar-refractivity contribution in [2.75, 3.05) is 13.7 Å². The van der Waals surface area contributed by atoms with E-state index in [2.05, 4.69) is 15.5 Å². The number of aromatic nitrogens is 2. The second-order valence-electron chi connectivity index (χ2n) is 6.94. The number of hydrogen-bond acceptors (Lipinski definition) is 3. The van der Waals surface area contributed by atoms with Crippen molar-refractivity contribution >= 4 is 5.91 Å². The molecule has 6 heteroatoms. The largest absolute Gasteiger partial charge is 0.497 e. The van der Waals surface area contributed by atoms with E-state index >= 15 is 0 Å². The molecule has 0 fully saturated rings. The molecule has 2 aromatic carbocycles. The molecule has 2 N–H and O–H groups in total. The highest BCUT2D eigenvalue weighted by molar-refractivity contribution is 5.93. The van der Waals surface area contributed by atoms with Crippen LogP contribution in [0.5, 0.6) is 5.75 Å². The summed E-state index contributed by atoms with van der Waals surface area (Å²) >= 11 is 0. The Labute approximate surface area is 157 Å². The summed E-state index contributed by atoms with van der Waals surface area (Å²) in [6, 6.07) is 15.7. The van der Waals surface area contributed by atoms with E-state index in [0.717, 1.165) is 11.3 Å². The maximum atomic E-state index is 14.0. The normalized spacial score (nSPS) is 11.3. The van der Waals surface area contributed by atoms with E-state index in [0.29, 0.717) is 23.5 Å². The van der Waals surface area contributed by atoms with Gasteiger partial charge in [0, 0.05) is 17.5 Å². The molecule has 0 saturated carbocycles. The highest BCUT2D eigenvalue weighted by atomic mass is 19.1. The molecule has 0 aliphatic heterocycles. The molecule has 0 atom stereocenters. The third kappa shape index (κ3) is 4.16. The summed E-state index contributed by atoms with van der Waals surface area (Å²) in [5.41, 5.74) is 1.91. The molecule has 0 spiro atoms. The van der Waals surface area contributed by atoms with Gasteiger partial charge in [0.15, 0.2) is 0 Å². The van der Waals surface area contributed by atoms with Gasteiger partial charge >= 0.3 is 0 Å². The van der Waals surface area contributed by atoms with E-state index in [9.17, 15) is 9.18 Å². The number of rotatable bonds is 6. The van der Waals surface area contributed by atoms with Crippen LogP contribution in [0.15, 0.2) is 54.6 Å². The van der Waals surface area contributed by atoms with Crippen LogP contribution < -0.4 is 10.1 Å². The first-order valence-corrected chi connectivity index (χ1v) is 8.64. The summed E-state index contributed by atoms with van der Waals surface area (Å²) < 4.78 is 19.2. The van der Waals surface area contributed by atoms with Gasteiger partial charge in [-0.2, -0.15) is 5.10 Å². The Balaban J connectivity index is 1.68. The first-order valence-electron chi connectivity index (χ1n) is 8.64. The zero-order chi connectivity index (χ0) is 19.4. The van der Waals surface area contributed by atoms with Gasteiger partial charge < -0.3 is 10.1 Å². The fourth-order valence-corrected chi connectivity index (χ4v) is 2.85. The van der Waals surface area contributed by atoms with Crippen LogP contribution in [0.25, 0.3) is 11.3 Å². The standard InChI is InChI=1S/C21H22FN3O2/c1-21(2,16-6-4-5-7-17(16)22)13-23-20(26)19-12-18(24-25-19)14-8-10-15(27-3)11-9-14/h4-12H,13H2,1-3H3,(H,23,26)(H,24,25). The number of ether oxygens (including phenoxy) is 1. The third-order valence-corrected chi connectivity index (χ3v) is 4.50. The number of halogens is 1. The molecule has 1 heterocycles. The van der Waals surface area contributed by atoms with E-state index in [4.69, 9.17) is 4.74 Å². The maximum absolute atomic E-state index is 14.0. The number of carbonyl (C=O) groups is 1. The minimum Gasteiger partial charge on any atom is -0.497 e. The van der Waals surface area contributed by atoms with Gasteiger partial charge in [-0.1, -0.05) is 32.0 Å². The number of methoxy groups -OCH3 is 1. The molecular formula is C21H22FN3O2. The Hall–Kier alpha value is -3.15. The molecule has 0 saturated heterocycles. The molecule has 5 nitrogen and oxygen atoms in total. The Bertz CT molecular complexity index is 933. The Morgan fingerprint density at radius 3 is 2.56 bits per heavy atom. The second kappa shape index (κ2) is 7.61. The highest BCUT2D eigenvalue weighted by Crippen LogP contribution is 2.25. The number of benzene rings is 2. The number of carbonyl (C=O) groups excluding carboxylic acids is 1.